The van der Waals surface area contributed by atoms with Crippen LogP contribution in [0, 0.1) is 13.8 Å². The van der Waals surface area contributed by atoms with Crippen LogP contribution >= 0.6 is 19.4 Å². The monoisotopic (exact) mass is 426 g/mol. The second kappa shape index (κ2) is 8.77. The zero-order chi connectivity index (χ0) is 21.1. The lowest BCUT2D eigenvalue weighted by molar-refractivity contribution is 0.103. The van der Waals surface area contributed by atoms with Gasteiger partial charge in [0.15, 0.2) is 13.6 Å². The number of rotatable bonds is 6. The van der Waals surface area contributed by atoms with Gasteiger partial charge in [-0.05, 0) is 37.1 Å². The highest BCUT2D eigenvalue weighted by molar-refractivity contribution is 7.71. The van der Waals surface area contributed by atoms with E-state index in [4.69, 9.17) is 16.3 Å². The minimum absolute atomic E-state index is 0.0964. The molecule has 0 heterocycles. The Hall–Kier alpha value is -2.68. The van der Waals surface area contributed by atoms with Crippen molar-refractivity contribution in [2.24, 2.45) is 0 Å². The predicted octanol–water partition coefficient (Wildman–Crippen LogP) is 5.22. The standard InChI is InChI=1S/C23H20ClO4P/c1-14-12-13-17(21(25)16-8-5-4-6-9-16)15(2)22(14)29(27)23(26)20-18(24)10-7-11-19(20)28-3/h4-13,29H,1-3H3. The van der Waals surface area contributed by atoms with Crippen LogP contribution in [-0.4, -0.2) is 18.4 Å². The normalized spacial score (nSPS) is 11.7. The van der Waals surface area contributed by atoms with E-state index in [1.165, 1.54) is 7.11 Å². The summed E-state index contributed by atoms with van der Waals surface area (Å²) in [6.07, 6.45) is 0. The van der Waals surface area contributed by atoms with Crippen LogP contribution in [0.5, 0.6) is 5.75 Å². The number of halogens is 1. The van der Waals surface area contributed by atoms with E-state index >= 15 is 0 Å². The lowest BCUT2D eigenvalue weighted by Crippen LogP contribution is -2.17. The number of hydrogen-bond acceptors (Lipinski definition) is 4. The van der Waals surface area contributed by atoms with E-state index in [1.54, 1.807) is 68.4 Å². The van der Waals surface area contributed by atoms with E-state index in [-0.39, 0.29) is 22.1 Å². The van der Waals surface area contributed by atoms with E-state index in [2.05, 4.69) is 0 Å². The van der Waals surface area contributed by atoms with Crippen molar-refractivity contribution in [2.45, 2.75) is 13.8 Å². The fourth-order valence-electron chi connectivity index (χ4n) is 3.31. The molecule has 0 aliphatic heterocycles. The fraction of sp³-hybridized carbons (Fsp3) is 0.130. The second-order valence-electron chi connectivity index (χ2n) is 6.60. The first-order chi connectivity index (χ1) is 13.9. The third-order valence-corrected chi connectivity index (χ3v) is 7.01. The summed E-state index contributed by atoms with van der Waals surface area (Å²) in [7, 11) is -1.53. The molecule has 3 aromatic carbocycles. The van der Waals surface area contributed by atoms with Crippen molar-refractivity contribution in [2.75, 3.05) is 7.11 Å². The zero-order valence-corrected chi connectivity index (χ0v) is 18.0. The quantitative estimate of drug-likeness (QED) is 0.400. The van der Waals surface area contributed by atoms with Gasteiger partial charge in [-0.1, -0.05) is 60.1 Å². The first kappa shape index (κ1) is 21.0. The van der Waals surface area contributed by atoms with Gasteiger partial charge in [-0.25, -0.2) is 0 Å². The molecule has 4 nitrogen and oxygen atoms in total. The molecule has 0 amide bonds. The Kier molecular flexibility index (Phi) is 6.36. The summed E-state index contributed by atoms with van der Waals surface area (Å²) in [4.78, 5) is 26.0. The number of aryl methyl sites for hydroxylation is 1. The number of carbonyl (C=O) groups excluding carboxylic acids is 2. The first-order valence-electron chi connectivity index (χ1n) is 8.98. The molecule has 0 bridgehead atoms. The molecule has 148 valence electrons. The zero-order valence-electron chi connectivity index (χ0n) is 16.3. The molecule has 1 unspecified atom stereocenters. The van der Waals surface area contributed by atoms with Gasteiger partial charge in [0.25, 0.3) is 0 Å². The van der Waals surface area contributed by atoms with Gasteiger partial charge in [0.2, 0.25) is 5.52 Å². The van der Waals surface area contributed by atoms with Crippen molar-refractivity contribution in [1.82, 2.24) is 0 Å². The van der Waals surface area contributed by atoms with Crippen LogP contribution in [0.4, 0.5) is 0 Å². The van der Waals surface area contributed by atoms with Crippen molar-refractivity contribution in [3.8, 4) is 5.75 Å². The van der Waals surface area contributed by atoms with E-state index in [1.807, 2.05) is 6.07 Å². The topological polar surface area (TPSA) is 60.4 Å². The average Bonchev–Trinajstić information content (AvgIpc) is 2.73. The number of ketones is 1. The van der Waals surface area contributed by atoms with Crippen LogP contribution < -0.4 is 10.0 Å². The summed E-state index contributed by atoms with van der Waals surface area (Å²) < 4.78 is 18.6. The Bertz CT molecular complexity index is 1120. The highest BCUT2D eigenvalue weighted by atomic mass is 35.5. The molecule has 1 atom stereocenters. The molecule has 29 heavy (non-hydrogen) atoms. The lowest BCUT2D eigenvalue weighted by Gasteiger charge is -2.15. The summed E-state index contributed by atoms with van der Waals surface area (Å²) in [6.45, 7) is 3.50. The number of methoxy groups -OCH3 is 1. The van der Waals surface area contributed by atoms with Crippen LogP contribution in [0.1, 0.15) is 37.4 Å². The van der Waals surface area contributed by atoms with Gasteiger partial charge in [0.05, 0.1) is 17.7 Å². The molecular weight excluding hydrogens is 407 g/mol. The van der Waals surface area contributed by atoms with E-state index < -0.39 is 13.3 Å². The molecule has 6 heteroatoms. The summed E-state index contributed by atoms with van der Waals surface area (Å²) in [5.74, 6) is 0.0922. The number of carbonyl (C=O) groups is 2. The molecule has 0 spiro atoms. The Morgan fingerprint density at radius 3 is 2.28 bits per heavy atom. The van der Waals surface area contributed by atoms with Gasteiger partial charge >= 0.3 is 0 Å². The van der Waals surface area contributed by atoms with Crippen LogP contribution in [0.25, 0.3) is 0 Å². The van der Waals surface area contributed by atoms with Crippen molar-refractivity contribution >= 4 is 36.0 Å². The summed E-state index contributed by atoms with van der Waals surface area (Å²) in [5.41, 5.74) is 1.70. The Labute approximate surface area is 175 Å². The molecular formula is C23H20ClO4P. The molecule has 0 N–H and O–H groups in total. The molecule has 0 radical (unpaired) electrons. The predicted molar refractivity (Wildman–Crippen MR) is 117 cm³/mol. The molecule has 0 aromatic heterocycles. The second-order valence-corrected chi connectivity index (χ2v) is 8.62. The molecule has 0 aliphatic carbocycles. The van der Waals surface area contributed by atoms with Gasteiger partial charge in [-0.2, -0.15) is 0 Å². The van der Waals surface area contributed by atoms with Crippen molar-refractivity contribution in [1.29, 1.82) is 0 Å². The lowest BCUT2D eigenvalue weighted by atomic mass is 9.97. The van der Waals surface area contributed by atoms with Crippen LogP contribution in [-0.2, 0) is 4.57 Å². The van der Waals surface area contributed by atoms with Gasteiger partial charge in [0, 0.05) is 16.4 Å². The summed E-state index contributed by atoms with van der Waals surface area (Å²) in [5, 5.41) is 0.572. The Morgan fingerprint density at radius 2 is 1.62 bits per heavy atom. The van der Waals surface area contributed by atoms with Crippen LogP contribution in [0.15, 0.2) is 60.7 Å². The Morgan fingerprint density at radius 1 is 0.931 bits per heavy atom. The van der Waals surface area contributed by atoms with E-state index in [9.17, 15) is 14.2 Å². The van der Waals surface area contributed by atoms with Crippen molar-refractivity contribution < 1.29 is 18.9 Å². The van der Waals surface area contributed by atoms with Crippen molar-refractivity contribution in [3.63, 3.8) is 0 Å². The van der Waals surface area contributed by atoms with Gasteiger partial charge in [0.1, 0.15) is 5.75 Å². The molecule has 0 aliphatic rings. The highest BCUT2D eigenvalue weighted by Gasteiger charge is 2.27. The minimum Gasteiger partial charge on any atom is -0.496 e. The molecule has 0 fully saturated rings. The number of hydrogen-bond donors (Lipinski definition) is 0. The molecule has 0 saturated heterocycles. The average molecular weight is 427 g/mol. The molecule has 3 rings (SSSR count). The fourth-order valence-corrected chi connectivity index (χ4v) is 5.27. The number of ether oxygens (including phenoxy) is 1. The SMILES string of the molecule is COc1cccc(Cl)c1C(=O)[PH](=O)c1c(C)ccc(C(=O)c2ccccc2)c1C. The van der Waals surface area contributed by atoms with Gasteiger partial charge in [-0.3, -0.25) is 9.59 Å². The van der Waals surface area contributed by atoms with Crippen LogP contribution in [0.2, 0.25) is 5.02 Å². The van der Waals surface area contributed by atoms with Gasteiger partial charge < -0.3 is 9.30 Å². The molecule has 3 aromatic rings. The largest absolute Gasteiger partial charge is 0.496 e. The highest BCUT2D eigenvalue weighted by Crippen LogP contribution is 2.37. The number of benzene rings is 3. The van der Waals surface area contributed by atoms with Crippen LogP contribution in [0.3, 0.4) is 0 Å². The summed E-state index contributed by atoms with van der Waals surface area (Å²) in [6, 6.07) is 17.1. The summed E-state index contributed by atoms with van der Waals surface area (Å²) >= 11 is 6.20. The van der Waals surface area contributed by atoms with E-state index in [0.717, 1.165) is 0 Å². The molecule has 0 saturated carbocycles. The smallest absolute Gasteiger partial charge is 0.228 e. The van der Waals surface area contributed by atoms with Crippen molar-refractivity contribution in [3.05, 3.63) is 93.5 Å². The third-order valence-electron chi connectivity index (χ3n) is 4.81. The first-order valence-corrected chi connectivity index (χ1v) is 10.8. The van der Waals surface area contributed by atoms with E-state index in [0.29, 0.717) is 27.6 Å². The Balaban J connectivity index is 2.09. The third kappa shape index (κ3) is 4.05. The van der Waals surface area contributed by atoms with Gasteiger partial charge in [-0.15, -0.1) is 0 Å². The maximum atomic E-state index is 13.3. The maximum Gasteiger partial charge on any atom is 0.228 e. The minimum atomic E-state index is -2.95. The maximum absolute atomic E-state index is 13.3.